The highest BCUT2D eigenvalue weighted by molar-refractivity contribution is 7.22. The van der Waals surface area contributed by atoms with Crippen LogP contribution in [0.3, 0.4) is 0 Å². The van der Waals surface area contributed by atoms with Crippen LogP contribution in [0, 0.1) is 0 Å². The van der Waals surface area contributed by atoms with Crippen LogP contribution >= 0.6 is 11.3 Å². The largest absolute Gasteiger partial charge is 0.484 e. The summed E-state index contributed by atoms with van der Waals surface area (Å²) in [7, 11) is 0. The fourth-order valence-corrected chi connectivity index (χ4v) is 3.67. The molecular formula is C23H26N2O4S. The van der Waals surface area contributed by atoms with E-state index in [0.717, 1.165) is 17.5 Å². The van der Waals surface area contributed by atoms with Crippen molar-refractivity contribution in [1.29, 1.82) is 0 Å². The third-order valence-electron chi connectivity index (χ3n) is 4.52. The Morgan fingerprint density at radius 3 is 2.60 bits per heavy atom. The molecule has 3 aromatic rings. The van der Waals surface area contributed by atoms with Crippen molar-refractivity contribution in [3.63, 3.8) is 0 Å². The van der Waals surface area contributed by atoms with Crippen molar-refractivity contribution in [3.8, 4) is 5.75 Å². The van der Waals surface area contributed by atoms with Gasteiger partial charge in [0.1, 0.15) is 5.75 Å². The zero-order chi connectivity index (χ0) is 21.5. The number of amides is 1. The molecule has 0 fully saturated rings. The third-order valence-corrected chi connectivity index (χ3v) is 5.45. The van der Waals surface area contributed by atoms with Crippen LogP contribution in [-0.4, -0.2) is 30.1 Å². The number of esters is 1. The smallest absolute Gasteiger partial charge is 0.338 e. The second kappa shape index (κ2) is 10.2. The molecule has 0 atom stereocenters. The second-order valence-corrected chi connectivity index (χ2v) is 8.28. The van der Waals surface area contributed by atoms with E-state index >= 15 is 0 Å². The summed E-state index contributed by atoms with van der Waals surface area (Å²) in [6.07, 6.45) is 1.81. The molecule has 3 rings (SSSR count). The van der Waals surface area contributed by atoms with E-state index in [-0.39, 0.29) is 18.5 Å². The first kappa shape index (κ1) is 21.8. The number of benzene rings is 2. The maximum Gasteiger partial charge on any atom is 0.338 e. The summed E-state index contributed by atoms with van der Waals surface area (Å²) in [5.41, 5.74) is 2.41. The zero-order valence-electron chi connectivity index (χ0n) is 17.4. The molecule has 6 nitrogen and oxygen atoms in total. The van der Waals surface area contributed by atoms with Gasteiger partial charge in [-0.1, -0.05) is 50.7 Å². The highest BCUT2D eigenvalue weighted by Crippen LogP contribution is 2.27. The average molecular weight is 427 g/mol. The van der Waals surface area contributed by atoms with Crippen molar-refractivity contribution in [2.24, 2.45) is 0 Å². The number of anilines is 1. The van der Waals surface area contributed by atoms with Crippen LogP contribution < -0.4 is 10.1 Å². The number of nitrogens with zero attached hydrogens (tertiary/aromatic N) is 1. The number of ether oxygens (including phenoxy) is 2. The predicted molar refractivity (Wildman–Crippen MR) is 119 cm³/mol. The van der Waals surface area contributed by atoms with Gasteiger partial charge < -0.3 is 9.47 Å². The fourth-order valence-electron chi connectivity index (χ4n) is 2.75. The van der Waals surface area contributed by atoms with Crippen LogP contribution in [0.2, 0.25) is 0 Å². The second-order valence-electron chi connectivity index (χ2n) is 7.25. The van der Waals surface area contributed by atoms with Gasteiger partial charge >= 0.3 is 5.97 Å². The minimum Gasteiger partial charge on any atom is -0.484 e. The highest BCUT2D eigenvalue weighted by atomic mass is 32.1. The Morgan fingerprint density at radius 2 is 1.90 bits per heavy atom. The zero-order valence-corrected chi connectivity index (χ0v) is 18.3. The normalized spacial score (nSPS) is 10.9. The lowest BCUT2D eigenvalue weighted by atomic mass is 10.0. The SMILES string of the molecule is CCCCOC(=O)c1ccc2nc(NC(=O)COc3ccc(C(C)C)cc3)sc2c1. The highest BCUT2D eigenvalue weighted by Gasteiger charge is 2.12. The van der Waals surface area contributed by atoms with Crippen LogP contribution in [-0.2, 0) is 9.53 Å². The number of nitrogens with one attached hydrogen (secondary N) is 1. The molecule has 1 N–H and O–H groups in total. The van der Waals surface area contributed by atoms with E-state index in [0.29, 0.717) is 34.5 Å². The lowest BCUT2D eigenvalue weighted by Crippen LogP contribution is -2.20. The average Bonchev–Trinajstić information content (AvgIpc) is 3.14. The number of fused-ring (bicyclic) bond motifs is 1. The molecule has 2 aromatic carbocycles. The standard InChI is InChI=1S/C23H26N2O4S/c1-4-5-12-28-22(27)17-8-11-19-20(13-17)30-23(24-19)25-21(26)14-29-18-9-6-16(7-10-18)15(2)3/h6-11,13,15H,4-5,12,14H2,1-3H3,(H,24,25,26). The first-order valence-electron chi connectivity index (χ1n) is 10.1. The molecule has 0 bridgehead atoms. The fraction of sp³-hybridized carbons (Fsp3) is 0.348. The van der Waals surface area contributed by atoms with Gasteiger partial charge in [0.15, 0.2) is 11.7 Å². The van der Waals surface area contributed by atoms with Gasteiger partial charge in [-0.05, 0) is 48.2 Å². The summed E-state index contributed by atoms with van der Waals surface area (Å²) >= 11 is 1.31. The minimum atomic E-state index is -0.346. The number of carbonyl (C=O) groups is 2. The molecule has 30 heavy (non-hydrogen) atoms. The number of hydrogen-bond donors (Lipinski definition) is 1. The third kappa shape index (κ3) is 5.79. The Balaban J connectivity index is 1.57. The maximum absolute atomic E-state index is 12.2. The molecule has 0 aliphatic carbocycles. The van der Waals surface area contributed by atoms with Gasteiger partial charge in [0.2, 0.25) is 0 Å². The molecule has 0 saturated carbocycles. The Morgan fingerprint density at radius 1 is 1.13 bits per heavy atom. The Hall–Kier alpha value is -2.93. The van der Waals surface area contributed by atoms with Gasteiger partial charge in [-0.2, -0.15) is 0 Å². The molecule has 1 aromatic heterocycles. The van der Waals surface area contributed by atoms with E-state index < -0.39 is 0 Å². The molecule has 0 unspecified atom stereocenters. The van der Waals surface area contributed by atoms with Gasteiger partial charge in [-0.3, -0.25) is 10.1 Å². The molecule has 1 heterocycles. The van der Waals surface area contributed by atoms with Crippen molar-refractivity contribution in [2.45, 2.75) is 39.5 Å². The summed E-state index contributed by atoms with van der Waals surface area (Å²) in [6, 6.07) is 12.9. The summed E-state index contributed by atoms with van der Waals surface area (Å²) in [5.74, 6) is 0.451. The van der Waals surface area contributed by atoms with Crippen LogP contribution in [0.4, 0.5) is 5.13 Å². The van der Waals surface area contributed by atoms with Crippen LogP contribution in [0.25, 0.3) is 10.2 Å². The molecule has 0 radical (unpaired) electrons. The number of thiazole rings is 1. The van der Waals surface area contributed by atoms with Crippen molar-refractivity contribution < 1.29 is 19.1 Å². The Labute approximate surface area is 180 Å². The van der Waals surface area contributed by atoms with Gasteiger partial charge in [0.25, 0.3) is 5.91 Å². The van der Waals surface area contributed by atoms with Crippen molar-refractivity contribution >= 4 is 38.6 Å². The van der Waals surface area contributed by atoms with Gasteiger partial charge in [-0.25, -0.2) is 9.78 Å². The summed E-state index contributed by atoms with van der Waals surface area (Å²) in [4.78, 5) is 28.7. The first-order chi connectivity index (χ1) is 14.5. The van der Waals surface area contributed by atoms with Crippen LogP contribution in [0.5, 0.6) is 5.75 Å². The summed E-state index contributed by atoms with van der Waals surface area (Å²) in [5, 5.41) is 3.21. The van der Waals surface area contributed by atoms with E-state index in [4.69, 9.17) is 9.47 Å². The summed E-state index contributed by atoms with van der Waals surface area (Å²) in [6.45, 7) is 6.60. The predicted octanol–water partition coefficient (Wildman–Crippen LogP) is 5.39. The maximum atomic E-state index is 12.2. The summed E-state index contributed by atoms with van der Waals surface area (Å²) < 4.78 is 11.6. The number of rotatable bonds is 9. The van der Waals surface area contributed by atoms with Crippen molar-refractivity contribution in [1.82, 2.24) is 4.98 Å². The molecule has 0 saturated heterocycles. The molecule has 7 heteroatoms. The lowest BCUT2D eigenvalue weighted by molar-refractivity contribution is -0.118. The number of carbonyl (C=O) groups excluding carboxylic acids is 2. The van der Waals surface area contributed by atoms with E-state index in [9.17, 15) is 9.59 Å². The number of aromatic nitrogens is 1. The molecule has 1 amide bonds. The van der Waals surface area contributed by atoms with Gasteiger partial charge in [-0.15, -0.1) is 0 Å². The molecular weight excluding hydrogens is 400 g/mol. The van der Waals surface area contributed by atoms with E-state index in [1.54, 1.807) is 18.2 Å². The Kier molecular flexibility index (Phi) is 7.41. The van der Waals surface area contributed by atoms with Crippen LogP contribution in [0.15, 0.2) is 42.5 Å². The number of unbranched alkanes of at least 4 members (excludes halogenated alkanes) is 1. The molecule has 0 aliphatic rings. The van der Waals surface area contributed by atoms with Gasteiger partial charge in [0.05, 0.1) is 22.4 Å². The van der Waals surface area contributed by atoms with Gasteiger partial charge in [0, 0.05) is 0 Å². The topological polar surface area (TPSA) is 77.5 Å². The van der Waals surface area contributed by atoms with E-state index in [2.05, 4.69) is 24.1 Å². The molecule has 0 spiro atoms. The molecule has 158 valence electrons. The van der Waals surface area contributed by atoms with E-state index in [1.165, 1.54) is 16.9 Å². The number of hydrogen-bond acceptors (Lipinski definition) is 6. The van der Waals surface area contributed by atoms with Crippen molar-refractivity contribution in [2.75, 3.05) is 18.5 Å². The van der Waals surface area contributed by atoms with Crippen LogP contribution in [0.1, 0.15) is 55.5 Å². The lowest BCUT2D eigenvalue weighted by Gasteiger charge is -2.08. The first-order valence-corrected chi connectivity index (χ1v) is 10.9. The van der Waals surface area contributed by atoms with E-state index in [1.807, 2.05) is 31.2 Å². The monoisotopic (exact) mass is 426 g/mol. The van der Waals surface area contributed by atoms with Crippen molar-refractivity contribution in [3.05, 3.63) is 53.6 Å². The molecule has 0 aliphatic heterocycles. The quantitative estimate of drug-likeness (QED) is 0.366. The minimum absolute atomic E-state index is 0.105. The Bertz CT molecular complexity index is 1010.